The Kier molecular flexibility index (Phi) is 11.8. The molecule has 0 saturated carbocycles. The van der Waals surface area contributed by atoms with E-state index in [4.69, 9.17) is 0 Å². The molecule has 0 bridgehead atoms. The fourth-order valence-electron chi connectivity index (χ4n) is 2.17. The topological polar surface area (TPSA) is 74.6 Å². The second-order valence-electron chi connectivity index (χ2n) is 7.90. The summed E-state index contributed by atoms with van der Waals surface area (Å²) in [5, 5.41) is 18.4. The maximum atomic E-state index is 11.9. The molecule has 0 saturated heterocycles. The number of rotatable bonds is 14. The third kappa shape index (κ3) is 13.2. The van der Waals surface area contributed by atoms with Crippen LogP contribution in [0, 0.1) is 10.8 Å². The molecule has 0 aromatic rings. The van der Waals surface area contributed by atoms with Crippen molar-refractivity contribution < 1.29 is 18.6 Å². The Balaban J connectivity index is 3.69. The molecular formula is C17H36O4S2. The summed E-state index contributed by atoms with van der Waals surface area (Å²) in [5.41, 5.74) is -0.178. The normalized spacial score (nSPS) is 15.6. The van der Waals surface area contributed by atoms with Crippen LogP contribution in [0.3, 0.4) is 0 Å². The van der Waals surface area contributed by atoms with E-state index in [-0.39, 0.29) is 24.0 Å². The average molecular weight is 369 g/mol. The zero-order chi connectivity index (χ0) is 17.9. The molecule has 0 aromatic heterocycles. The van der Waals surface area contributed by atoms with Gasteiger partial charge in [0, 0.05) is 57.8 Å². The van der Waals surface area contributed by atoms with Gasteiger partial charge in [-0.05, 0) is 42.9 Å². The molecule has 2 atom stereocenters. The molecular weight excluding hydrogens is 332 g/mol. The smallest absolute Gasteiger partial charge is 0.0482 e. The Morgan fingerprint density at radius 3 is 1.26 bits per heavy atom. The molecule has 0 aliphatic rings. The van der Waals surface area contributed by atoms with Crippen molar-refractivity contribution in [1.29, 1.82) is 0 Å². The van der Waals surface area contributed by atoms with Gasteiger partial charge in [-0.3, -0.25) is 8.42 Å². The van der Waals surface area contributed by atoms with Gasteiger partial charge in [-0.15, -0.1) is 0 Å². The van der Waals surface area contributed by atoms with Gasteiger partial charge < -0.3 is 10.2 Å². The van der Waals surface area contributed by atoms with Crippen LogP contribution in [0.4, 0.5) is 0 Å². The summed E-state index contributed by atoms with van der Waals surface area (Å²) in [6, 6.07) is 0. The number of aliphatic hydroxyl groups excluding tert-OH is 2. The molecule has 140 valence electrons. The highest BCUT2D eigenvalue weighted by Crippen LogP contribution is 2.22. The van der Waals surface area contributed by atoms with Crippen LogP contribution < -0.4 is 0 Å². The zero-order valence-corrected chi connectivity index (χ0v) is 16.9. The van der Waals surface area contributed by atoms with E-state index >= 15 is 0 Å². The highest BCUT2D eigenvalue weighted by Gasteiger charge is 2.17. The third-order valence-corrected chi connectivity index (χ3v) is 7.03. The number of aliphatic hydroxyl groups is 2. The predicted octanol–water partition coefficient (Wildman–Crippen LogP) is 2.47. The van der Waals surface area contributed by atoms with Gasteiger partial charge in [-0.2, -0.15) is 0 Å². The first-order chi connectivity index (χ1) is 10.6. The molecule has 23 heavy (non-hydrogen) atoms. The molecule has 6 heteroatoms. The van der Waals surface area contributed by atoms with Gasteiger partial charge in [-0.25, -0.2) is 0 Å². The minimum absolute atomic E-state index is 0.0892. The second-order valence-corrected chi connectivity index (χ2v) is 11.3. The number of hydrogen-bond acceptors (Lipinski definition) is 4. The largest absolute Gasteiger partial charge is 0.396 e. The molecule has 0 aromatic carbocycles. The Morgan fingerprint density at radius 2 is 0.957 bits per heavy atom. The van der Waals surface area contributed by atoms with E-state index in [2.05, 4.69) is 0 Å². The monoisotopic (exact) mass is 368 g/mol. The lowest BCUT2D eigenvalue weighted by Gasteiger charge is -2.21. The zero-order valence-electron chi connectivity index (χ0n) is 15.3. The van der Waals surface area contributed by atoms with Crippen molar-refractivity contribution in [3.05, 3.63) is 0 Å². The molecule has 2 unspecified atom stereocenters. The van der Waals surface area contributed by atoms with E-state index in [0.717, 1.165) is 32.1 Å². The molecule has 0 rings (SSSR count). The van der Waals surface area contributed by atoms with E-state index in [9.17, 15) is 18.6 Å². The average Bonchev–Trinajstić information content (AvgIpc) is 2.47. The lowest BCUT2D eigenvalue weighted by molar-refractivity contribution is 0.150. The van der Waals surface area contributed by atoms with E-state index in [1.54, 1.807) is 0 Å². The highest BCUT2D eigenvalue weighted by atomic mass is 32.2. The molecule has 0 aliphatic heterocycles. The predicted molar refractivity (Wildman–Crippen MR) is 101 cm³/mol. The van der Waals surface area contributed by atoms with Crippen molar-refractivity contribution in [1.82, 2.24) is 0 Å². The molecule has 0 spiro atoms. The second kappa shape index (κ2) is 11.7. The lowest BCUT2D eigenvalue weighted by Crippen LogP contribution is -2.18. The van der Waals surface area contributed by atoms with Gasteiger partial charge in [-0.1, -0.05) is 27.7 Å². The summed E-state index contributed by atoms with van der Waals surface area (Å²) >= 11 is 0. The SMILES string of the molecule is CC(C)(CO)CCCS(=O)CCCS(=O)CCCC(C)(C)CO. The fourth-order valence-corrected chi connectivity index (χ4v) is 4.62. The maximum absolute atomic E-state index is 11.9. The van der Waals surface area contributed by atoms with Crippen molar-refractivity contribution in [3.8, 4) is 0 Å². The fraction of sp³-hybridized carbons (Fsp3) is 1.00. The molecule has 0 radical (unpaired) electrons. The summed E-state index contributed by atoms with van der Waals surface area (Å²) in [5.74, 6) is 2.57. The lowest BCUT2D eigenvalue weighted by atomic mass is 9.89. The van der Waals surface area contributed by atoms with Crippen LogP contribution in [-0.2, 0) is 21.6 Å². The van der Waals surface area contributed by atoms with Crippen molar-refractivity contribution >= 4 is 21.6 Å². The molecule has 0 amide bonds. The van der Waals surface area contributed by atoms with Crippen LogP contribution in [0.15, 0.2) is 0 Å². The van der Waals surface area contributed by atoms with Gasteiger partial charge in [0.05, 0.1) is 0 Å². The van der Waals surface area contributed by atoms with Crippen LogP contribution in [0.5, 0.6) is 0 Å². The van der Waals surface area contributed by atoms with E-state index < -0.39 is 21.6 Å². The number of hydrogen-bond donors (Lipinski definition) is 2. The van der Waals surface area contributed by atoms with E-state index in [1.807, 2.05) is 27.7 Å². The summed E-state index contributed by atoms with van der Waals surface area (Å²) < 4.78 is 23.8. The van der Waals surface area contributed by atoms with Gasteiger partial charge in [0.25, 0.3) is 0 Å². The van der Waals surface area contributed by atoms with Crippen molar-refractivity contribution in [2.45, 2.75) is 59.8 Å². The van der Waals surface area contributed by atoms with Crippen molar-refractivity contribution in [3.63, 3.8) is 0 Å². The first kappa shape index (κ1) is 23.2. The summed E-state index contributed by atoms with van der Waals surface area (Å²) in [7, 11) is -1.69. The molecule has 4 nitrogen and oxygen atoms in total. The Bertz CT molecular complexity index is 334. The standard InChI is InChI=1S/C17H36O4S2/c1-16(2,14-18)8-5-10-22(20)12-7-13-23(21)11-6-9-17(3,4)15-19/h18-19H,5-15H2,1-4H3. The Labute approximate surface area is 147 Å². The minimum atomic E-state index is -0.843. The minimum Gasteiger partial charge on any atom is -0.396 e. The quantitative estimate of drug-likeness (QED) is 0.494. The molecule has 0 aliphatic carbocycles. The van der Waals surface area contributed by atoms with Crippen LogP contribution in [-0.4, -0.2) is 54.9 Å². The molecule has 0 heterocycles. The summed E-state index contributed by atoms with van der Waals surface area (Å²) in [4.78, 5) is 0. The summed E-state index contributed by atoms with van der Waals surface area (Å²) in [6.45, 7) is 8.36. The first-order valence-electron chi connectivity index (χ1n) is 8.53. The first-order valence-corrected chi connectivity index (χ1v) is 11.5. The van der Waals surface area contributed by atoms with Crippen molar-refractivity contribution in [2.24, 2.45) is 10.8 Å². The van der Waals surface area contributed by atoms with Gasteiger partial charge in [0.1, 0.15) is 0 Å². The van der Waals surface area contributed by atoms with Gasteiger partial charge >= 0.3 is 0 Å². The van der Waals surface area contributed by atoms with E-state index in [1.165, 1.54) is 0 Å². The van der Waals surface area contributed by atoms with Gasteiger partial charge in [0.2, 0.25) is 0 Å². The van der Waals surface area contributed by atoms with Gasteiger partial charge in [0.15, 0.2) is 0 Å². The Hall–Kier alpha value is 0.220. The Morgan fingerprint density at radius 1 is 0.652 bits per heavy atom. The molecule has 0 fully saturated rings. The highest BCUT2D eigenvalue weighted by molar-refractivity contribution is 7.85. The van der Waals surface area contributed by atoms with Crippen LogP contribution >= 0.6 is 0 Å². The maximum Gasteiger partial charge on any atom is 0.0482 e. The van der Waals surface area contributed by atoms with Crippen LogP contribution in [0.2, 0.25) is 0 Å². The van der Waals surface area contributed by atoms with E-state index in [0.29, 0.717) is 23.0 Å². The van der Waals surface area contributed by atoms with Crippen LogP contribution in [0.1, 0.15) is 59.8 Å². The third-order valence-electron chi connectivity index (χ3n) is 4.05. The van der Waals surface area contributed by atoms with Crippen LogP contribution in [0.25, 0.3) is 0 Å². The summed E-state index contributed by atoms with van der Waals surface area (Å²) in [6.07, 6.45) is 4.22. The van der Waals surface area contributed by atoms with Crippen molar-refractivity contribution in [2.75, 3.05) is 36.2 Å². The molecule has 2 N–H and O–H groups in total.